The van der Waals surface area contributed by atoms with Crippen LogP contribution in [0.5, 0.6) is 0 Å². The van der Waals surface area contributed by atoms with Gasteiger partial charge in [-0.05, 0) is 12.8 Å². The Kier molecular flexibility index (Phi) is 5.91. The summed E-state index contributed by atoms with van der Waals surface area (Å²) < 4.78 is 42.4. The summed E-state index contributed by atoms with van der Waals surface area (Å²) in [6, 6.07) is 0.0301. The molecule has 5 nitrogen and oxygen atoms in total. The van der Waals surface area contributed by atoms with Crippen molar-refractivity contribution in [3.8, 4) is 0 Å². The van der Waals surface area contributed by atoms with E-state index in [2.05, 4.69) is 15.2 Å². The Labute approximate surface area is 129 Å². The summed E-state index contributed by atoms with van der Waals surface area (Å²) in [4.78, 5) is 7.89. The van der Waals surface area contributed by atoms with Crippen molar-refractivity contribution in [3.05, 3.63) is 0 Å². The number of methoxy groups -OCH3 is 1. The molecule has 22 heavy (non-hydrogen) atoms. The fourth-order valence-electron chi connectivity index (χ4n) is 3.22. The number of guanidine groups is 1. The predicted molar refractivity (Wildman–Crippen MR) is 79.0 cm³/mol. The molecule has 2 aliphatic heterocycles. The summed E-state index contributed by atoms with van der Waals surface area (Å²) in [5, 5.41) is 3.31. The van der Waals surface area contributed by atoms with Crippen molar-refractivity contribution in [1.82, 2.24) is 15.1 Å². The number of hydrogen-bond acceptors (Lipinski definition) is 3. The lowest BCUT2D eigenvalue weighted by Crippen LogP contribution is -2.46. The van der Waals surface area contributed by atoms with Gasteiger partial charge in [0.2, 0.25) is 0 Å². The van der Waals surface area contributed by atoms with E-state index in [-0.39, 0.29) is 6.04 Å². The van der Waals surface area contributed by atoms with E-state index in [1.54, 1.807) is 14.2 Å². The molecule has 1 N–H and O–H groups in total. The van der Waals surface area contributed by atoms with Gasteiger partial charge < -0.3 is 15.0 Å². The molecule has 2 fully saturated rings. The normalized spacial score (nSPS) is 27.7. The molecule has 0 radical (unpaired) electrons. The number of nitrogens with one attached hydrogen (secondary N) is 1. The van der Waals surface area contributed by atoms with E-state index in [4.69, 9.17) is 4.74 Å². The highest BCUT2D eigenvalue weighted by Gasteiger charge is 2.35. The van der Waals surface area contributed by atoms with Crippen molar-refractivity contribution in [2.75, 3.05) is 53.5 Å². The Hall–Kier alpha value is -1.02. The Morgan fingerprint density at radius 3 is 2.68 bits per heavy atom. The van der Waals surface area contributed by atoms with Crippen molar-refractivity contribution >= 4 is 5.96 Å². The molecule has 0 aliphatic carbocycles. The summed E-state index contributed by atoms with van der Waals surface area (Å²) in [5.74, 6) is 1.28. The third-order valence-electron chi connectivity index (χ3n) is 4.21. The number of hydrogen-bond donors (Lipinski definition) is 1. The standard InChI is InChI=1S/C14H25F3N4O/c1-18-13(21-6-3-11(7-21)9-22-2)19-12-4-5-20(8-12)10-14(15,16)17/h11-12H,3-10H2,1-2H3,(H,18,19). The second-order valence-electron chi connectivity index (χ2n) is 6.08. The quantitative estimate of drug-likeness (QED) is 0.623. The SMILES string of the molecule is CN=C(NC1CCN(CC(F)(F)F)C1)N1CCC(COC)C1. The average Bonchev–Trinajstić information content (AvgIpc) is 3.04. The first-order valence-corrected chi connectivity index (χ1v) is 7.67. The minimum absolute atomic E-state index is 0.0301. The van der Waals surface area contributed by atoms with Crippen molar-refractivity contribution in [3.63, 3.8) is 0 Å². The van der Waals surface area contributed by atoms with Crippen molar-refractivity contribution < 1.29 is 17.9 Å². The average molecular weight is 322 g/mol. The Morgan fingerprint density at radius 1 is 1.27 bits per heavy atom. The number of ether oxygens (including phenoxy) is 1. The highest BCUT2D eigenvalue weighted by molar-refractivity contribution is 5.80. The molecule has 0 spiro atoms. The highest BCUT2D eigenvalue weighted by Crippen LogP contribution is 2.21. The van der Waals surface area contributed by atoms with Crippen LogP contribution in [-0.4, -0.2) is 81.5 Å². The van der Waals surface area contributed by atoms with Gasteiger partial charge in [0, 0.05) is 52.3 Å². The summed E-state index contributed by atoms with van der Waals surface area (Å²) in [6.45, 7) is 2.58. The van der Waals surface area contributed by atoms with Gasteiger partial charge in [-0.25, -0.2) is 0 Å². The predicted octanol–water partition coefficient (Wildman–Crippen LogP) is 1.17. The zero-order valence-corrected chi connectivity index (χ0v) is 13.2. The number of alkyl halides is 3. The summed E-state index contributed by atoms with van der Waals surface area (Å²) >= 11 is 0. The lowest BCUT2D eigenvalue weighted by atomic mass is 10.1. The van der Waals surface area contributed by atoms with Gasteiger partial charge in [0.05, 0.1) is 13.2 Å². The van der Waals surface area contributed by atoms with Crippen LogP contribution in [-0.2, 0) is 4.74 Å². The molecule has 128 valence electrons. The second-order valence-corrected chi connectivity index (χ2v) is 6.08. The van der Waals surface area contributed by atoms with Gasteiger partial charge >= 0.3 is 6.18 Å². The molecule has 2 unspecified atom stereocenters. The lowest BCUT2D eigenvalue weighted by Gasteiger charge is -2.25. The van der Waals surface area contributed by atoms with E-state index in [0.717, 1.165) is 32.1 Å². The van der Waals surface area contributed by atoms with Crippen LogP contribution in [0.1, 0.15) is 12.8 Å². The van der Waals surface area contributed by atoms with Crippen LogP contribution in [0.25, 0.3) is 0 Å². The Balaban J connectivity index is 1.80. The first-order valence-electron chi connectivity index (χ1n) is 7.67. The van der Waals surface area contributed by atoms with Crippen LogP contribution >= 0.6 is 0 Å². The Bertz CT molecular complexity index is 389. The molecule has 0 aromatic carbocycles. The van der Waals surface area contributed by atoms with E-state index in [1.165, 1.54) is 4.90 Å². The van der Waals surface area contributed by atoms with Gasteiger partial charge in [-0.15, -0.1) is 0 Å². The zero-order valence-electron chi connectivity index (χ0n) is 13.2. The molecule has 0 aromatic rings. The van der Waals surface area contributed by atoms with Gasteiger partial charge in [0.1, 0.15) is 0 Å². The van der Waals surface area contributed by atoms with Crippen LogP contribution < -0.4 is 5.32 Å². The van der Waals surface area contributed by atoms with Gasteiger partial charge in [-0.2, -0.15) is 13.2 Å². The number of likely N-dealkylation sites (tertiary alicyclic amines) is 2. The molecular weight excluding hydrogens is 297 g/mol. The smallest absolute Gasteiger partial charge is 0.384 e. The van der Waals surface area contributed by atoms with E-state index >= 15 is 0 Å². The maximum Gasteiger partial charge on any atom is 0.401 e. The molecule has 2 aliphatic rings. The molecule has 2 atom stereocenters. The monoisotopic (exact) mass is 322 g/mol. The topological polar surface area (TPSA) is 40.1 Å². The molecule has 0 bridgehead atoms. The number of nitrogens with zero attached hydrogens (tertiary/aromatic N) is 3. The largest absolute Gasteiger partial charge is 0.401 e. The van der Waals surface area contributed by atoms with E-state index < -0.39 is 12.7 Å². The van der Waals surface area contributed by atoms with Gasteiger partial charge in [-0.1, -0.05) is 0 Å². The molecule has 0 amide bonds. The lowest BCUT2D eigenvalue weighted by molar-refractivity contribution is -0.143. The van der Waals surface area contributed by atoms with Crippen molar-refractivity contribution in [2.45, 2.75) is 25.1 Å². The maximum absolute atomic E-state index is 12.4. The zero-order chi connectivity index (χ0) is 16.2. The maximum atomic E-state index is 12.4. The fourth-order valence-corrected chi connectivity index (χ4v) is 3.22. The highest BCUT2D eigenvalue weighted by atomic mass is 19.4. The van der Waals surface area contributed by atoms with Crippen molar-refractivity contribution in [2.24, 2.45) is 10.9 Å². The van der Waals surface area contributed by atoms with Gasteiger partial charge in [-0.3, -0.25) is 9.89 Å². The molecule has 2 heterocycles. The van der Waals surface area contributed by atoms with Crippen molar-refractivity contribution in [1.29, 1.82) is 0 Å². The van der Waals surface area contributed by atoms with Crippen LogP contribution in [0, 0.1) is 5.92 Å². The summed E-state index contributed by atoms with van der Waals surface area (Å²) in [7, 11) is 3.41. The summed E-state index contributed by atoms with van der Waals surface area (Å²) in [5.41, 5.74) is 0. The first-order chi connectivity index (χ1) is 10.4. The number of aliphatic imine (C=N–C) groups is 1. The minimum Gasteiger partial charge on any atom is -0.384 e. The summed E-state index contributed by atoms with van der Waals surface area (Å²) in [6.07, 6.45) is -2.36. The van der Waals surface area contributed by atoms with E-state index in [9.17, 15) is 13.2 Å². The fraction of sp³-hybridized carbons (Fsp3) is 0.929. The van der Waals surface area contributed by atoms with E-state index in [1.807, 2.05) is 0 Å². The van der Waals surface area contributed by atoms with E-state index in [0.29, 0.717) is 25.4 Å². The molecule has 2 saturated heterocycles. The van der Waals surface area contributed by atoms with Gasteiger partial charge in [0.25, 0.3) is 0 Å². The second kappa shape index (κ2) is 7.50. The van der Waals surface area contributed by atoms with Crippen LogP contribution in [0.15, 0.2) is 4.99 Å². The first kappa shape index (κ1) is 17.3. The van der Waals surface area contributed by atoms with Gasteiger partial charge in [0.15, 0.2) is 5.96 Å². The van der Waals surface area contributed by atoms with Crippen LogP contribution in [0.4, 0.5) is 13.2 Å². The molecule has 2 rings (SSSR count). The molecule has 0 aromatic heterocycles. The molecular formula is C14H25F3N4O. The Morgan fingerprint density at radius 2 is 2.05 bits per heavy atom. The number of halogens is 3. The minimum atomic E-state index is -4.13. The number of rotatable bonds is 4. The molecule has 0 saturated carbocycles. The third-order valence-corrected chi connectivity index (χ3v) is 4.21. The molecule has 8 heteroatoms. The van der Waals surface area contributed by atoms with Crippen LogP contribution in [0.3, 0.4) is 0 Å². The third kappa shape index (κ3) is 5.01. The van der Waals surface area contributed by atoms with Crippen LogP contribution in [0.2, 0.25) is 0 Å².